The van der Waals surface area contributed by atoms with Crippen molar-refractivity contribution in [3.8, 4) is 0 Å². The Kier molecular flexibility index (Phi) is 4.99. The second-order valence-corrected chi connectivity index (χ2v) is 3.96. The third kappa shape index (κ3) is 3.66. The van der Waals surface area contributed by atoms with Gasteiger partial charge in [-0.3, -0.25) is 9.69 Å². The van der Waals surface area contributed by atoms with Gasteiger partial charge in [0.05, 0.1) is 0 Å². The number of hydrogen-bond acceptors (Lipinski definition) is 2. The first kappa shape index (κ1) is 12.7. The van der Waals surface area contributed by atoms with Crippen LogP contribution in [0.3, 0.4) is 0 Å². The van der Waals surface area contributed by atoms with E-state index in [1.54, 1.807) is 13.0 Å². The van der Waals surface area contributed by atoms with E-state index >= 15 is 0 Å². The van der Waals surface area contributed by atoms with Gasteiger partial charge in [-0.05, 0) is 5.57 Å². The SMILES string of the molecule is C=C/C=C(\C=C)CN1CCN(C(C)=O)CC1. The summed E-state index contributed by atoms with van der Waals surface area (Å²) in [7, 11) is 0. The Morgan fingerprint density at radius 3 is 2.31 bits per heavy atom. The number of allylic oxidation sites excluding steroid dienone is 2. The summed E-state index contributed by atoms with van der Waals surface area (Å²) in [4.78, 5) is 15.4. The number of piperazine rings is 1. The van der Waals surface area contributed by atoms with Crippen LogP contribution in [-0.4, -0.2) is 48.4 Å². The minimum Gasteiger partial charge on any atom is -0.340 e. The standard InChI is InChI=1S/C13H20N2O/c1-4-6-13(5-2)11-14-7-9-15(10-8-14)12(3)16/h4-6H,1-2,7-11H2,3H3/b13-6+. The maximum atomic E-state index is 11.2. The molecule has 0 saturated carbocycles. The van der Waals surface area contributed by atoms with Gasteiger partial charge in [0.1, 0.15) is 0 Å². The molecule has 88 valence electrons. The zero-order valence-electron chi connectivity index (χ0n) is 9.98. The number of amides is 1. The van der Waals surface area contributed by atoms with Crippen LogP contribution in [0.4, 0.5) is 0 Å². The van der Waals surface area contributed by atoms with Crippen molar-refractivity contribution in [1.82, 2.24) is 9.80 Å². The topological polar surface area (TPSA) is 23.6 Å². The van der Waals surface area contributed by atoms with Crippen molar-refractivity contribution in [1.29, 1.82) is 0 Å². The van der Waals surface area contributed by atoms with Gasteiger partial charge in [0.25, 0.3) is 0 Å². The highest BCUT2D eigenvalue weighted by atomic mass is 16.2. The van der Waals surface area contributed by atoms with Gasteiger partial charge in [0.15, 0.2) is 0 Å². The fraction of sp³-hybridized carbons (Fsp3) is 0.462. The predicted molar refractivity (Wildman–Crippen MR) is 67.2 cm³/mol. The molecule has 1 amide bonds. The normalized spacial score (nSPS) is 18.3. The van der Waals surface area contributed by atoms with Gasteiger partial charge in [-0.25, -0.2) is 0 Å². The molecule has 1 rings (SSSR count). The van der Waals surface area contributed by atoms with Crippen molar-refractivity contribution in [2.24, 2.45) is 0 Å². The molecule has 0 aliphatic carbocycles. The van der Waals surface area contributed by atoms with Gasteiger partial charge in [-0.2, -0.15) is 0 Å². The molecule has 0 radical (unpaired) electrons. The molecule has 1 saturated heterocycles. The molecule has 1 heterocycles. The highest BCUT2D eigenvalue weighted by Gasteiger charge is 2.18. The Morgan fingerprint density at radius 1 is 1.25 bits per heavy atom. The van der Waals surface area contributed by atoms with E-state index in [-0.39, 0.29) is 5.91 Å². The number of nitrogens with zero attached hydrogens (tertiary/aromatic N) is 2. The molecule has 16 heavy (non-hydrogen) atoms. The quantitative estimate of drug-likeness (QED) is 0.669. The molecule has 0 N–H and O–H groups in total. The van der Waals surface area contributed by atoms with Crippen molar-refractivity contribution in [3.05, 3.63) is 37.0 Å². The average molecular weight is 220 g/mol. The Balaban J connectivity index is 2.42. The lowest BCUT2D eigenvalue weighted by Gasteiger charge is -2.34. The minimum absolute atomic E-state index is 0.172. The van der Waals surface area contributed by atoms with Gasteiger partial charge in [-0.1, -0.05) is 31.4 Å². The summed E-state index contributed by atoms with van der Waals surface area (Å²) in [6.45, 7) is 13.5. The second-order valence-electron chi connectivity index (χ2n) is 3.96. The highest BCUT2D eigenvalue weighted by molar-refractivity contribution is 5.73. The molecule has 3 heteroatoms. The van der Waals surface area contributed by atoms with Crippen LogP contribution < -0.4 is 0 Å². The monoisotopic (exact) mass is 220 g/mol. The zero-order valence-corrected chi connectivity index (χ0v) is 9.98. The summed E-state index contributed by atoms with van der Waals surface area (Å²) in [5, 5.41) is 0. The molecule has 1 fully saturated rings. The average Bonchev–Trinajstić information content (AvgIpc) is 2.29. The van der Waals surface area contributed by atoms with E-state index in [2.05, 4.69) is 18.1 Å². The molecule has 0 spiro atoms. The first-order valence-corrected chi connectivity index (χ1v) is 5.59. The molecule has 0 aromatic rings. The van der Waals surface area contributed by atoms with Crippen LogP contribution in [0.2, 0.25) is 0 Å². The van der Waals surface area contributed by atoms with Crippen LogP contribution in [0.1, 0.15) is 6.92 Å². The van der Waals surface area contributed by atoms with E-state index in [0.29, 0.717) is 0 Å². The molecule has 0 atom stereocenters. The lowest BCUT2D eigenvalue weighted by molar-refractivity contribution is -0.130. The third-order valence-electron chi connectivity index (χ3n) is 2.82. The molecule has 1 aliphatic rings. The molecular weight excluding hydrogens is 200 g/mol. The molecule has 0 aromatic heterocycles. The van der Waals surface area contributed by atoms with Crippen molar-refractivity contribution in [2.45, 2.75) is 6.92 Å². The maximum absolute atomic E-state index is 11.2. The predicted octanol–water partition coefficient (Wildman–Crippen LogP) is 1.45. The van der Waals surface area contributed by atoms with Crippen LogP contribution in [0.5, 0.6) is 0 Å². The third-order valence-corrected chi connectivity index (χ3v) is 2.82. The van der Waals surface area contributed by atoms with Crippen molar-refractivity contribution < 1.29 is 4.79 Å². The molecule has 0 bridgehead atoms. The fourth-order valence-electron chi connectivity index (χ4n) is 1.82. The molecule has 0 unspecified atom stereocenters. The van der Waals surface area contributed by atoms with E-state index in [4.69, 9.17) is 0 Å². The van der Waals surface area contributed by atoms with E-state index in [1.165, 1.54) is 5.57 Å². The summed E-state index contributed by atoms with van der Waals surface area (Å²) in [5.41, 5.74) is 1.17. The van der Waals surface area contributed by atoms with Gasteiger partial charge in [0, 0.05) is 39.6 Å². The number of rotatable bonds is 4. The van der Waals surface area contributed by atoms with Crippen LogP contribution in [0.15, 0.2) is 37.0 Å². The Bertz CT molecular complexity index is 299. The highest BCUT2D eigenvalue weighted by Crippen LogP contribution is 2.06. The first-order valence-electron chi connectivity index (χ1n) is 5.59. The van der Waals surface area contributed by atoms with E-state index in [1.807, 2.05) is 17.1 Å². The van der Waals surface area contributed by atoms with Crippen molar-refractivity contribution >= 4 is 5.91 Å². The Morgan fingerprint density at radius 2 is 1.88 bits per heavy atom. The zero-order chi connectivity index (χ0) is 12.0. The maximum Gasteiger partial charge on any atom is 0.219 e. The van der Waals surface area contributed by atoms with Gasteiger partial charge in [-0.15, -0.1) is 0 Å². The molecular formula is C13H20N2O. The Labute approximate surface area is 97.7 Å². The van der Waals surface area contributed by atoms with E-state index in [0.717, 1.165) is 32.7 Å². The smallest absolute Gasteiger partial charge is 0.219 e. The molecule has 3 nitrogen and oxygen atoms in total. The van der Waals surface area contributed by atoms with Crippen molar-refractivity contribution in [2.75, 3.05) is 32.7 Å². The summed E-state index contributed by atoms with van der Waals surface area (Å²) in [5.74, 6) is 0.172. The van der Waals surface area contributed by atoms with Gasteiger partial charge in [0.2, 0.25) is 5.91 Å². The van der Waals surface area contributed by atoms with Crippen LogP contribution in [0.25, 0.3) is 0 Å². The van der Waals surface area contributed by atoms with Crippen molar-refractivity contribution in [3.63, 3.8) is 0 Å². The van der Waals surface area contributed by atoms with Gasteiger partial charge >= 0.3 is 0 Å². The minimum atomic E-state index is 0.172. The summed E-state index contributed by atoms with van der Waals surface area (Å²) >= 11 is 0. The van der Waals surface area contributed by atoms with Gasteiger partial charge < -0.3 is 4.90 Å². The summed E-state index contributed by atoms with van der Waals surface area (Å²) in [6, 6.07) is 0. The van der Waals surface area contributed by atoms with Crippen LogP contribution in [-0.2, 0) is 4.79 Å². The Hall–Kier alpha value is -1.35. The lowest BCUT2D eigenvalue weighted by Crippen LogP contribution is -2.48. The van der Waals surface area contributed by atoms with E-state index < -0.39 is 0 Å². The molecule has 1 aliphatic heterocycles. The largest absolute Gasteiger partial charge is 0.340 e. The molecule has 0 aromatic carbocycles. The van der Waals surface area contributed by atoms with E-state index in [9.17, 15) is 4.79 Å². The van der Waals surface area contributed by atoms with Crippen LogP contribution >= 0.6 is 0 Å². The second kappa shape index (κ2) is 6.28. The number of carbonyl (C=O) groups excluding carboxylic acids is 1. The first-order chi connectivity index (χ1) is 7.67. The van der Waals surface area contributed by atoms with Crippen LogP contribution in [0, 0.1) is 0 Å². The summed E-state index contributed by atoms with van der Waals surface area (Å²) in [6.07, 6.45) is 5.62. The summed E-state index contributed by atoms with van der Waals surface area (Å²) < 4.78 is 0. The number of carbonyl (C=O) groups is 1. The number of hydrogen-bond donors (Lipinski definition) is 0. The lowest BCUT2D eigenvalue weighted by atomic mass is 10.2. The fourth-order valence-corrected chi connectivity index (χ4v) is 1.82.